The average Bonchev–Trinajstić information content (AvgIpc) is 2.38. The van der Waals surface area contributed by atoms with Crippen LogP contribution in [0.15, 0.2) is 0 Å². The summed E-state index contributed by atoms with van der Waals surface area (Å²) in [4.78, 5) is 41.4. The summed E-state index contributed by atoms with van der Waals surface area (Å²) in [6, 6.07) is 0. The number of nitriles is 3. The van der Waals surface area contributed by atoms with Gasteiger partial charge in [0.25, 0.3) is 0 Å². The number of rotatable bonds is 0. The van der Waals surface area contributed by atoms with E-state index in [1.165, 1.54) is 0 Å². The first-order valence-electron chi connectivity index (χ1n) is 4.10. The standard InChI is InChI=1S/C2H2O4.3CHFNOPS/c3-1(4)2(5)6;3*2-5(4,6)1-3/h(H,3,4)(H,5,6);3*(H,4,6). The molecule has 0 fully saturated rings. The molecule has 24 heavy (non-hydrogen) atoms. The molecule has 3 atom stereocenters. The summed E-state index contributed by atoms with van der Waals surface area (Å²) >= 11 is 10.9. The summed E-state index contributed by atoms with van der Waals surface area (Å²) in [5, 5.41) is 37.2. The molecule has 0 spiro atoms. The second-order valence-corrected chi connectivity index (χ2v) is 10.4. The third-order valence-electron chi connectivity index (χ3n) is 0.553. The lowest BCUT2D eigenvalue weighted by molar-refractivity contribution is -0.159. The van der Waals surface area contributed by atoms with E-state index in [1.54, 1.807) is 0 Å². The van der Waals surface area contributed by atoms with Gasteiger partial charge in [-0.3, -0.25) is 0 Å². The Balaban J connectivity index is -0.000000111. The fourth-order valence-electron chi connectivity index (χ4n) is 0. The van der Waals surface area contributed by atoms with E-state index in [0.29, 0.717) is 0 Å². The minimum absolute atomic E-state index is 0.919. The van der Waals surface area contributed by atoms with Crippen LogP contribution in [0.1, 0.15) is 0 Å². The number of carboxylic acids is 2. The summed E-state index contributed by atoms with van der Waals surface area (Å²) in [6.07, 6.45) is 0. The minimum atomic E-state index is -4.01. The van der Waals surface area contributed by atoms with Crippen molar-refractivity contribution in [3.8, 4) is 17.4 Å². The van der Waals surface area contributed by atoms with Crippen LogP contribution in [-0.2, 0) is 45.0 Å². The SMILES string of the molecule is N#CP(O)(F)=S.N#CP(O)(F)=S.N#CP(O)(F)=S.O=C(O)C(=O)O. The molecule has 0 amide bonds. The van der Waals surface area contributed by atoms with Gasteiger partial charge in [-0.15, -0.1) is 0 Å². The van der Waals surface area contributed by atoms with Crippen molar-refractivity contribution in [2.45, 2.75) is 0 Å². The van der Waals surface area contributed by atoms with E-state index in [0.717, 1.165) is 17.4 Å². The van der Waals surface area contributed by atoms with Gasteiger partial charge in [0, 0.05) is 0 Å². The maximum Gasteiger partial charge on any atom is 0.414 e. The topological polar surface area (TPSA) is 207 Å². The van der Waals surface area contributed by atoms with Crippen LogP contribution < -0.4 is 0 Å². The zero-order valence-corrected chi connectivity index (χ0v) is 15.7. The highest BCUT2D eigenvalue weighted by Crippen LogP contribution is 2.40. The van der Waals surface area contributed by atoms with Crippen molar-refractivity contribution in [2.24, 2.45) is 0 Å². The van der Waals surface area contributed by atoms with Crippen LogP contribution in [-0.4, -0.2) is 36.8 Å². The van der Waals surface area contributed by atoms with Crippen molar-refractivity contribution in [3.63, 3.8) is 0 Å². The number of carbonyl (C=O) groups is 2. The van der Waals surface area contributed by atoms with E-state index in [1.807, 2.05) is 0 Å². The maximum atomic E-state index is 11.2. The first-order valence-corrected chi connectivity index (χ1v) is 12.0. The van der Waals surface area contributed by atoms with Crippen molar-refractivity contribution in [3.05, 3.63) is 0 Å². The molecule has 0 aliphatic rings. The van der Waals surface area contributed by atoms with Gasteiger partial charge in [0.05, 0.1) is 0 Å². The highest BCUT2D eigenvalue weighted by atomic mass is 32.5. The predicted octanol–water partition coefficient (Wildman–Crippen LogP) is 1.37. The van der Waals surface area contributed by atoms with Crippen LogP contribution in [0.25, 0.3) is 0 Å². The second kappa shape index (κ2) is 14.4. The Bertz CT molecular complexity index is 608. The summed E-state index contributed by atoms with van der Waals surface area (Å²) in [5.74, 6) is -0.891. The molecule has 10 nitrogen and oxygen atoms in total. The van der Waals surface area contributed by atoms with Gasteiger partial charge in [-0.1, -0.05) is 0 Å². The smallest absolute Gasteiger partial charge is 0.414 e. The number of halogens is 3. The minimum Gasteiger partial charge on any atom is -0.473 e. The number of hydrogen-bond acceptors (Lipinski definition) is 8. The average molecular weight is 465 g/mol. The lowest BCUT2D eigenvalue weighted by Gasteiger charge is -1.81. The van der Waals surface area contributed by atoms with Crippen LogP contribution in [0.4, 0.5) is 12.6 Å². The van der Waals surface area contributed by atoms with E-state index in [9.17, 15) is 12.6 Å². The molecule has 19 heteroatoms. The van der Waals surface area contributed by atoms with E-state index in [4.69, 9.17) is 50.3 Å². The molecule has 0 rings (SSSR count). The molecular weight excluding hydrogens is 460 g/mol. The van der Waals surface area contributed by atoms with Gasteiger partial charge in [-0.25, -0.2) is 9.59 Å². The molecule has 0 saturated carbocycles. The Labute approximate surface area is 147 Å². The van der Waals surface area contributed by atoms with Gasteiger partial charge in [-0.05, 0) is 35.4 Å². The first kappa shape index (κ1) is 30.9. The zero-order chi connectivity index (χ0) is 20.8. The molecule has 0 aliphatic carbocycles. The molecule has 3 unspecified atom stereocenters. The largest absolute Gasteiger partial charge is 0.473 e. The highest BCUT2D eigenvalue weighted by Gasteiger charge is 2.05. The number of nitrogens with zero attached hydrogens (tertiary/aromatic N) is 3. The van der Waals surface area contributed by atoms with E-state index >= 15 is 0 Å². The Morgan fingerprint density at radius 3 is 0.792 bits per heavy atom. The van der Waals surface area contributed by atoms with Crippen molar-refractivity contribution >= 4 is 67.1 Å². The lowest BCUT2D eigenvalue weighted by Crippen LogP contribution is -2.09. The Kier molecular flexibility index (Phi) is 18.5. The maximum absolute atomic E-state index is 11.2. The number of hydrogen-bond donors (Lipinski definition) is 5. The van der Waals surface area contributed by atoms with Crippen LogP contribution in [0.2, 0.25) is 0 Å². The zero-order valence-electron chi connectivity index (χ0n) is 10.6. The molecule has 0 radical (unpaired) electrons. The van der Waals surface area contributed by atoms with Gasteiger partial charge < -0.3 is 24.9 Å². The van der Waals surface area contributed by atoms with Crippen molar-refractivity contribution in [1.82, 2.24) is 0 Å². The van der Waals surface area contributed by atoms with Crippen LogP contribution in [0.5, 0.6) is 0 Å². The van der Waals surface area contributed by atoms with Crippen molar-refractivity contribution in [2.75, 3.05) is 0 Å². The molecule has 0 heterocycles. The molecule has 0 aromatic rings. The molecule has 5 N–H and O–H groups in total. The quantitative estimate of drug-likeness (QED) is 0.253. The fraction of sp³-hybridized carbons (Fsp3) is 0. The first-order chi connectivity index (χ1) is 10.3. The van der Waals surface area contributed by atoms with Crippen molar-refractivity contribution in [1.29, 1.82) is 15.8 Å². The van der Waals surface area contributed by atoms with Crippen molar-refractivity contribution < 1.29 is 47.1 Å². The third-order valence-corrected chi connectivity index (χ3v) is 2.03. The highest BCUT2D eigenvalue weighted by molar-refractivity contribution is 8.12. The molecular formula is C5H5F3N3O7P3S3. The van der Waals surface area contributed by atoms with E-state index in [2.05, 4.69) is 35.4 Å². The lowest BCUT2D eigenvalue weighted by atomic mass is 10.7. The van der Waals surface area contributed by atoms with Crippen LogP contribution >= 0.6 is 19.7 Å². The molecule has 0 bridgehead atoms. The molecule has 0 aromatic heterocycles. The second-order valence-electron chi connectivity index (χ2n) is 2.42. The summed E-state index contributed by atoms with van der Waals surface area (Å²) in [7, 11) is 0. The molecule has 0 aromatic carbocycles. The van der Waals surface area contributed by atoms with Gasteiger partial charge in [0.2, 0.25) is 0 Å². The molecule has 136 valence electrons. The summed E-state index contributed by atoms with van der Waals surface area (Å²) in [6.45, 7) is -12.0. The van der Waals surface area contributed by atoms with Gasteiger partial charge >= 0.3 is 31.7 Å². The number of aliphatic carboxylic acids is 2. The monoisotopic (exact) mass is 465 g/mol. The van der Waals surface area contributed by atoms with Gasteiger partial charge in [0.1, 0.15) is 0 Å². The van der Waals surface area contributed by atoms with Gasteiger partial charge in [-0.2, -0.15) is 28.4 Å². The van der Waals surface area contributed by atoms with Crippen LogP contribution in [0, 0.1) is 33.2 Å². The Hall–Kier alpha value is -0.970. The Morgan fingerprint density at radius 2 is 0.792 bits per heavy atom. The number of carboxylic acid groups (broad SMARTS) is 2. The Morgan fingerprint density at radius 1 is 0.708 bits per heavy atom. The third kappa shape index (κ3) is 58.3. The predicted molar refractivity (Wildman–Crippen MR) is 84.9 cm³/mol. The fourth-order valence-corrected chi connectivity index (χ4v) is 0. The van der Waals surface area contributed by atoms with E-state index < -0.39 is 31.7 Å². The van der Waals surface area contributed by atoms with E-state index in [-0.39, 0.29) is 0 Å². The summed E-state index contributed by atoms with van der Waals surface area (Å²) < 4.78 is 33.7. The van der Waals surface area contributed by atoms with Crippen LogP contribution in [0.3, 0.4) is 0 Å². The van der Waals surface area contributed by atoms with Gasteiger partial charge in [0.15, 0.2) is 17.4 Å². The normalized spacial score (nSPS) is 15.5. The summed E-state index contributed by atoms with van der Waals surface area (Å²) in [5.41, 5.74) is 0. The molecule has 0 saturated heterocycles. The molecule has 0 aliphatic heterocycles.